The predicted molar refractivity (Wildman–Crippen MR) is 71.7 cm³/mol. The lowest BCUT2D eigenvalue weighted by atomic mass is 10.2. The van der Waals surface area contributed by atoms with Crippen LogP contribution in [0.15, 0.2) is 36.4 Å². The van der Waals surface area contributed by atoms with Crippen LogP contribution in [-0.2, 0) is 16.0 Å². The highest BCUT2D eigenvalue weighted by Gasteiger charge is 2.26. The van der Waals surface area contributed by atoms with Crippen LogP contribution < -0.4 is 0 Å². The van der Waals surface area contributed by atoms with Gasteiger partial charge in [-0.25, -0.2) is 0 Å². The molecular formula is C15H14N2O2. The molecule has 2 heterocycles. The number of nitrogens with zero attached hydrogens (tertiary/aromatic N) is 2. The van der Waals surface area contributed by atoms with Crippen molar-refractivity contribution >= 4 is 22.6 Å². The maximum absolute atomic E-state index is 11.5. The average Bonchev–Trinajstić information content (AvgIpc) is 2.74. The number of hydrogen-bond acceptors (Lipinski definition) is 3. The molecule has 0 atom stereocenters. The molecule has 3 rings (SSSR count). The minimum atomic E-state index is -0.0641. The van der Waals surface area contributed by atoms with Gasteiger partial charge in [0.15, 0.2) is 5.78 Å². The number of carbonyl (C=O) groups excluding carboxylic acids is 2. The fourth-order valence-corrected chi connectivity index (χ4v) is 2.34. The summed E-state index contributed by atoms with van der Waals surface area (Å²) in [4.78, 5) is 28.8. The molecule has 96 valence electrons. The lowest BCUT2D eigenvalue weighted by Gasteiger charge is -2.13. The van der Waals surface area contributed by atoms with Crippen LogP contribution in [0.1, 0.15) is 12.1 Å². The number of hydrogen-bond donors (Lipinski definition) is 0. The Labute approximate surface area is 111 Å². The molecule has 4 nitrogen and oxygen atoms in total. The highest BCUT2D eigenvalue weighted by molar-refractivity contribution is 6.05. The van der Waals surface area contributed by atoms with Crippen LogP contribution in [0.3, 0.4) is 0 Å². The number of carbonyl (C=O) groups is 2. The molecule has 0 radical (unpaired) electrons. The number of pyridine rings is 1. The Balaban J connectivity index is 1.71. The number of benzene rings is 1. The third-order valence-electron chi connectivity index (χ3n) is 3.36. The summed E-state index contributed by atoms with van der Waals surface area (Å²) in [5.41, 5.74) is 1.91. The lowest BCUT2D eigenvalue weighted by Crippen LogP contribution is -2.27. The van der Waals surface area contributed by atoms with Crippen molar-refractivity contribution in [3.63, 3.8) is 0 Å². The highest BCUT2D eigenvalue weighted by atomic mass is 16.2. The molecule has 0 N–H and O–H groups in total. The minimum absolute atomic E-state index is 0.0106. The molecule has 1 amide bonds. The lowest BCUT2D eigenvalue weighted by molar-refractivity contribution is -0.127. The van der Waals surface area contributed by atoms with E-state index >= 15 is 0 Å². The molecule has 0 spiro atoms. The molecule has 0 aliphatic carbocycles. The Morgan fingerprint density at radius 1 is 1.11 bits per heavy atom. The first kappa shape index (κ1) is 11.8. The quantitative estimate of drug-likeness (QED) is 0.781. The zero-order valence-electron chi connectivity index (χ0n) is 10.5. The van der Waals surface area contributed by atoms with Gasteiger partial charge < -0.3 is 4.90 Å². The van der Waals surface area contributed by atoms with E-state index in [1.807, 2.05) is 36.4 Å². The van der Waals surface area contributed by atoms with E-state index in [0.717, 1.165) is 16.6 Å². The topological polar surface area (TPSA) is 50.3 Å². The Morgan fingerprint density at radius 2 is 1.95 bits per heavy atom. The van der Waals surface area contributed by atoms with Crippen molar-refractivity contribution in [1.29, 1.82) is 0 Å². The second-order valence-electron chi connectivity index (χ2n) is 4.78. The molecule has 1 fully saturated rings. The fourth-order valence-electron chi connectivity index (χ4n) is 2.34. The summed E-state index contributed by atoms with van der Waals surface area (Å²) in [6.45, 7) is 0.822. The van der Waals surface area contributed by atoms with Gasteiger partial charge in [0.25, 0.3) is 0 Å². The Kier molecular flexibility index (Phi) is 2.99. The van der Waals surface area contributed by atoms with Crippen LogP contribution in [0, 0.1) is 0 Å². The molecule has 1 aliphatic rings. The number of rotatable bonds is 3. The van der Waals surface area contributed by atoms with Gasteiger partial charge in [-0.1, -0.05) is 24.3 Å². The van der Waals surface area contributed by atoms with Gasteiger partial charge in [0.1, 0.15) is 0 Å². The first-order valence-electron chi connectivity index (χ1n) is 6.36. The van der Waals surface area contributed by atoms with E-state index < -0.39 is 0 Å². The Bertz CT molecular complexity index is 651. The molecule has 2 aromatic rings. The monoisotopic (exact) mass is 254 g/mol. The highest BCUT2D eigenvalue weighted by Crippen LogP contribution is 2.13. The molecule has 0 bridgehead atoms. The van der Waals surface area contributed by atoms with Gasteiger partial charge in [-0.15, -0.1) is 0 Å². The molecule has 0 unspecified atom stereocenters. The molecule has 1 saturated heterocycles. The maximum atomic E-state index is 11.5. The summed E-state index contributed by atoms with van der Waals surface area (Å²) in [5.74, 6) is -0.0535. The van der Waals surface area contributed by atoms with Crippen molar-refractivity contribution in [2.75, 3.05) is 13.1 Å². The van der Waals surface area contributed by atoms with Gasteiger partial charge in [-0.3, -0.25) is 14.6 Å². The molecule has 19 heavy (non-hydrogen) atoms. The standard InChI is InChI=1S/C15H14N2O2/c18-13-9-15(19)17(10-13)8-7-12-6-5-11-3-1-2-4-14(11)16-12/h1-6H,7-10H2. The van der Waals surface area contributed by atoms with E-state index in [0.29, 0.717) is 13.0 Å². The maximum Gasteiger partial charge on any atom is 0.230 e. The number of Topliss-reactive ketones (excluding diaryl/α,β-unsaturated/α-hetero) is 1. The first-order chi connectivity index (χ1) is 9.22. The summed E-state index contributed by atoms with van der Waals surface area (Å²) < 4.78 is 0. The second kappa shape index (κ2) is 4.80. The first-order valence-corrected chi connectivity index (χ1v) is 6.36. The van der Waals surface area contributed by atoms with Crippen LogP contribution in [0.5, 0.6) is 0 Å². The number of aromatic nitrogens is 1. The van der Waals surface area contributed by atoms with Crippen LogP contribution in [0.25, 0.3) is 10.9 Å². The third-order valence-corrected chi connectivity index (χ3v) is 3.36. The fraction of sp³-hybridized carbons (Fsp3) is 0.267. The van der Waals surface area contributed by atoms with Crippen molar-refractivity contribution in [3.05, 3.63) is 42.1 Å². The molecular weight excluding hydrogens is 240 g/mol. The van der Waals surface area contributed by atoms with Crippen LogP contribution >= 0.6 is 0 Å². The van der Waals surface area contributed by atoms with Crippen molar-refractivity contribution < 1.29 is 9.59 Å². The second-order valence-corrected chi connectivity index (χ2v) is 4.78. The summed E-state index contributed by atoms with van der Waals surface area (Å²) >= 11 is 0. The summed E-state index contributed by atoms with van der Waals surface area (Å²) in [7, 11) is 0. The summed E-state index contributed by atoms with van der Waals surface area (Å²) in [6, 6.07) is 12.0. The Morgan fingerprint density at radius 3 is 2.74 bits per heavy atom. The van der Waals surface area contributed by atoms with Gasteiger partial charge in [0.05, 0.1) is 18.5 Å². The van der Waals surface area contributed by atoms with E-state index in [-0.39, 0.29) is 24.7 Å². The smallest absolute Gasteiger partial charge is 0.230 e. The van der Waals surface area contributed by atoms with Crippen molar-refractivity contribution in [2.24, 2.45) is 0 Å². The van der Waals surface area contributed by atoms with E-state index in [4.69, 9.17) is 0 Å². The molecule has 1 aromatic carbocycles. The van der Waals surface area contributed by atoms with Crippen molar-refractivity contribution in [2.45, 2.75) is 12.8 Å². The molecule has 1 aliphatic heterocycles. The minimum Gasteiger partial charge on any atom is -0.335 e. The van der Waals surface area contributed by atoms with Gasteiger partial charge in [0.2, 0.25) is 5.91 Å². The van der Waals surface area contributed by atoms with Gasteiger partial charge in [-0.2, -0.15) is 0 Å². The predicted octanol–water partition coefficient (Wildman–Crippen LogP) is 1.58. The number of likely N-dealkylation sites (tertiary alicyclic amines) is 1. The zero-order valence-corrected chi connectivity index (χ0v) is 10.5. The summed E-state index contributed by atoms with van der Waals surface area (Å²) in [6.07, 6.45) is 0.745. The average molecular weight is 254 g/mol. The molecule has 1 aromatic heterocycles. The van der Waals surface area contributed by atoms with Crippen LogP contribution in [0.4, 0.5) is 0 Å². The van der Waals surface area contributed by atoms with Gasteiger partial charge in [-0.05, 0) is 12.1 Å². The molecule has 4 heteroatoms. The van der Waals surface area contributed by atoms with E-state index in [1.165, 1.54) is 0 Å². The van der Waals surface area contributed by atoms with E-state index in [1.54, 1.807) is 4.90 Å². The Hall–Kier alpha value is -2.23. The SMILES string of the molecule is O=C1CC(=O)N(CCc2ccc3ccccc3n2)C1. The zero-order chi connectivity index (χ0) is 13.2. The van der Waals surface area contributed by atoms with E-state index in [9.17, 15) is 9.59 Å². The number of fused-ring (bicyclic) bond motifs is 1. The van der Waals surface area contributed by atoms with E-state index in [2.05, 4.69) is 4.98 Å². The number of amides is 1. The van der Waals surface area contributed by atoms with Crippen LogP contribution in [-0.4, -0.2) is 34.7 Å². The number of ketones is 1. The molecule has 0 saturated carbocycles. The van der Waals surface area contributed by atoms with Gasteiger partial charge in [0, 0.05) is 24.0 Å². The normalized spacial score (nSPS) is 15.5. The van der Waals surface area contributed by atoms with Gasteiger partial charge >= 0.3 is 0 Å². The van der Waals surface area contributed by atoms with Crippen LogP contribution in [0.2, 0.25) is 0 Å². The van der Waals surface area contributed by atoms with Crippen molar-refractivity contribution in [3.8, 4) is 0 Å². The largest absolute Gasteiger partial charge is 0.335 e. The summed E-state index contributed by atoms with van der Waals surface area (Å²) in [5, 5.41) is 1.11. The van der Waals surface area contributed by atoms with Crippen molar-refractivity contribution in [1.82, 2.24) is 9.88 Å². The number of para-hydroxylation sites is 1. The third kappa shape index (κ3) is 2.47.